The minimum atomic E-state index is 0.864. The van der Waals surface area contributed by atoms with Crippen molar-refractivity contribution in [1.82, 2.24) is 4.90 Å². The van der Waals surface area contributed by atoms with E-state index >= 15 is 0 Å². The van der Waals surface area contributed by atoms with Gasteiger partial charge in [-0.3, -0.25) is 0 Å². The normalized spacial score (nSPS) is 17.4. The van der Waals surface area contributed by atoms with Crippen LogP contribution in [0.2, 0.25) is 0 Å². The van der Waals surface area contributed by atoms with Crippen molar-refractivity contribution in [3.63, 3.8) is 0 Å². The Morgan fingerprint density at radius 2 is 1.62 bits per heavy atom. The van der Waals surface area contributed by atoms with E-state index in [-0.39, 0.29) is 0 Å². The van der Waals surface area contributed by atoms with E-state index < -0.39 is 0 Å². The minimum absolute atomic E-state index is 0.864. The molecule has 0 amide bonds. The number of nitrogens with two attached hydrogens (primary N) is 1. The largest absolute Gasteiger partial charge is 0.330 e. The van der Waals surface area contributed by atoms with Crippen molar-refractivity contribution in [1.29, 1.82) is 0 Å². The Balaban J connectivity index is 2.00. The van der Waals surface area contributed by atoms with Crippen molar-refractivity contribution in [2.75, 3.05) is 19.6 Å². The standard InChI is InChI=1S/C14H30N2/c1-2-16(14-10-6-7-11-14)13-9-5-3-4-8-12-15/h14H,2-13,15H2,1H3. The predicted octanol–water partition coefficient (Wildman–Crippen LogP) is 3.16. The van der Waals surface area contributed by atoms with Crippen LogP contribution in [-0.4, -0.2) is 30.6 Å². The minimum Gasteiger partial charge on any atom is -0.330 e. The molecule has 0 aromatic heterocycles. The lowest BCUT2D eigenvalue weighted by Crippen LogP contribution is -2.33. The fraction of sp³-hybridized carbons (Fsp3) is 1.00. The van der Waals surface area contributed by atoms with E-state index in [0.29, 0.717) is 0 Å². The van der Waals surface area contributed by atoms with Gasteiger partial charge in [0.2, 0.25) is 0 Å². The molecule has 2 N–H and O–H groups in total. The molecule has 2 nitrogen and oxygen atoms in total. The van der Waals surface area contributed by atoms with Crippen LogP contribution in [0.5, 0.6) is 0 Å². The van der Waals surface area contributed by atoms with Crippen LogP contribution in [0.25, 0.3) is 0 Å². The molecule has 2 heteroatoms. The summed E-state index contributed by atoms with van der Waals surface area (Å²) in [5.74, 6) is 0. The topological polar surface area (TPSA) is 29.3 Å². The summed E-state index contributed by atoms with van der Waals surface area (Å²) in [6.07, 6.45) is 12.5. The number of hydrogen-bond donors (Lipinski definition) is 1. The molecule has 0 spiro atoms. The summed E-state index contributed by atoms with van der Waals surface area (Å²) in [6.45, 7) is 5.74. The highest BCUT2D eigenvalue weighted by Gasteiger charge is 2.20. The second-order valence-corrected chi connectivity index (χ2v) is 5.12. The van der Waals surface area contributed by atoms with E-state index in [4.69, 9.17) is 5.73 Å². The summed E-state index contributed by atoms with van der Waals surface area (Å²) in [6, 6.07) is 0.911. The maximum absolute atomic E-state index is 5.49. The number of rotatable bonds is 9. The summed E-state index contributed by atoms with van der Waals surface area (Å²) in [4.78, 5) is 2.70. The SMILES string of the molecule is CCN(CCCCCCCN)C1CCCC1. The molecule has 0 bridgehead atoms. The van der Waals surface area contributed by atoms with Gasteiger partial charge >= 0.3 is 0 Å². The Hall–Kier alpha value is -0.0800. The van der Waals surface area contributed by atoms with Gasteiger partial charge in [-0.25, -0.2) is 0 Å². The third-order valence-corrected chi connectivity index (χ3v) is 3.90. The zero-order valence-corrected chi connectivity index (χ0v) is 11.1. The lowest BCUT2D eigenvalue weighted by molar-refractivity contribution is 0.204. The summed E-state index contributed by atoms with van der Waals surface area (Å²) in [5.41, 5.74) is 5.49. The third kappa shape index (κ3) is 5.31. The van der Waals surface area contributed by atoms with Crippen molar-refractivity contribution in [2.45, 2.75) is 70.8 Å². The molecule has 0 heterocycles. The monoisotopic (exact) mass is 226 g/mol. The van der Waals surface area contributed by atoms with Crippen LogP contribution in [-0.2, 0) is 0 Å². The highest BCUT2D eigenvalue weighted by atomic mass is 15.1. The lowest BCUT2D eigenvalue weighted by Gasteiger charge is -2.27. The van der Waals surface area contributed by atoms with Crippen LogP contribution < -0.4 is 5.73 Å². The Morgan fingerprint density at radius 3 is 2.25 bits per heavy atom. The number of nitrogens with zero attached hydrogens (tertiary/aromatic N) is 1. The van der Waals surface area contributed by atoms with Gasteiger partial charge in [-0.1, -0.05) is 39.0 Å². The molecule has 1 fully saturated rings. The first kappa shape index (κ1) is 14.0. The van der Waals surface area contributed by atoms with Gasteiger partial charge in [0.15, 0.2) is 0 Å². The Morgan fingerprint density at radius 1 is 1.00 bits per heavy atom. The first-order valence-corrected chi connectivity index (χ1v) is 7.32. The van der Waals surface area contributed by atoms with Gasteiger partial charge in [-0.2, -0.15) is 0 Å². The van der Waals surface area contributed by atoms with E-state index in [1.54, 1.807) is 0 Å². The van der Waals surface area contributed by atoms with Gasteiger partial charge in [0.1, 0.15) is 0 Å². The van der Waals surface area contributed by atoms with Crippen molar-refractivity contribution in [2.24, 2.45) is 5.73 Å². The van der Waals surface area contributed by atoms with E-state index in [1.807, 2.05) is 0 Å². The van der Waals surface area contributed by atoms with Crippen molar-refractivity contribution in [3.8, 4) is 0 Å². The average molecular weight is 226 g/mol. The van der Waals surface area contributed by atoms with Gasteiger partial charge in [0.05, 0.1) is 0 Å². The molecule has 1 saturated carbocycles. The van der Waals surface area contributed by atoms with Crippen molar-refractivity contribution >= 4 is 0 Å². The molecular weight excluding hydrogens is 196 g/mol. The van der Waals surface area contributed by atoms with Crippen molar-refractivity contribution < 1.29 is 0 Å². The zero-order chi connectivity index (χ0) is 11.6. The molecule has 0 aliphatic heterocycles. The molecule has 0 unspecified atom stereocenters. The van der Waals surface area contributed by atoms with Gasteiger partial charge in [-0.05, 0) is 45.3 Å². The quantitative estimate of drug-likeness (QED) is 0.612. The van der Waals surface area contributed by atoms with Crippen molar-refractivity contribution in [3.05, 3.63) is 0 Å². The van der Waals surface area contributed by atoms with Gasteiger partial charge in [0, 0.05) is 6.04 Å². The maximum Gasteiger partial charge on any atom is 0.00951 e. The first-order chi connectivity index (χ1) is 7.88. The molecule has 0 saturated heterocycles. The Labute approximate surface area is 102 Å². The number of hydrogen-bond acceptors (Lipinski definition) is 2. The van der Waals surface area contributed by atoms with Gasteiger partial charge < -0.3 is 10.6 Å². The van der Waals surface area contributed by atoms with E-state index in [0.717, 1.165) is 12.6 Å². The Bertz CT molecular complexity index is 153. The van der Waals surface area contributed by atoms with Crippen LogP contribution in [0, 0.1) is 0 Å². The molecule has 0 radical (unpaired) electrons. The van der Waals surface area contributed by atoms with E-state index in [2.05, 4.69) is 11.8 Å². The van der Waals surface area contributed by atoms with Crippen LogP contribution in [0.15, 0.2) is 0 Å². The van der Waals surface area contributed by atoms with Crippen LogP contribution in [0.4, 0.5) is 0 Å². The zero-order valence-electron chi connectivity index (χ0n) is 11.1. The summed E-state index contributed by atoms with van der Waals surface area (Å²) in [7, 11) is 0. The molecule has 1 aliphatic rings. The van der Waals surface area contributed by atoms with Crippen LogP contribution in [0.3, 0.4) is 0 Å². The summed E-state index contributed by atoms with van der Waals surface area (Å²) >= 11 is 0. The Kier molecular flexibility index (Phi) is 7.87. The number of unbranched alkanes of at least 4 members (excludes halogenated alkanes) is 4. The summed E-state index contributed by atoms with van der Waals surface area (Å²) in [5, 5.41) is 0. The first-order valence-electron chi connectivity index (χ1n) is 7.32. The fourth-order valence-corrected chi connectivity index (χ4v) is 2.86. The molecule has 0 aromatic carbocycles. The predicted molar refractivity (Wildman–Crippen MR) is 71.6 cm³/mol. The second-order valence-electron chi connectivity index (χ2n) is 5.12. The molecule has 1 rings (SSSR count). The molecular formula is C14H30N2. The molecule has 0 aromatic rings. The molecule has 16 heavy (non-hydrogen) atoms. The third-order valence-electron chi connectivity index (χ3n) is 3.90. The van der Waals surface area contributed by atoms with Crippen LogP contribution in [0.1, 0.15) is 64.7 Å². The van der Waals surface area contributed by atoms with E-state index in [9.17, 15) is 0 Å². The second kappa shape index (κ2) is 9.00. The summed E-state index contributed by atoms with van der Waals surface area (Å²) < 4.78 is 0. The molecule has 0 atom stereocenters. The molecule has 96 valence electrons. The molecule has 1 aliphatic carbocycles. The highest BCUT2D eigenvalue weighted by molar-refractivity contribution is 4.76. The fourth-order valence-electron chi connectivity index (χ4n) is 2.86. The van der Waals surface area contributed by atoms with Crippen LogP contribution >= 0.6 is 0 Å². The maximum atomic E-state index is 5.49. The van der Waals surface area contributed by atoms with Gasteiger partial charge in [-0.15, -0.1) is 0 Å². The smallest absolute Gasteiger partial charge is 0.00951 e. The van der Waals surface area contributed by atoms with Gasteiger partial charge in [0.25, 0.3) is 0 Å². The van der Waals surface area contributed by atoms with E-state index in [1.165, 1.54) is 70.9 Å². The highest BCUT2D eigenvalue weighted by Crippen LogP contribution is 2.23. The lowest BCUT2D eigenvalue weighted by atomic mass is 10.1. The average Bonchev–Trinajstić information content (AvgIpc) is 2.82.